The number of carbonyl (C=O) groups excluding carboxylic acids is 2. The average molecular weight is 470 g/mol. The van der Waals surface area contributed by atoms with Crippen molar-refractivity contribution in [2.45, 2.75) is 48.9 Å². The summed E-state index contributed by atoms with van der Waals surface area (Å²) in [6.45, 7) is 3.60. The van der Waals surface area contributed by atoms with Crippen molar-refractivity contribution in [2.75, 3.05) is 0 Å². The van der Waals surface area contributed by atoms with Gasteiger partial charge in [0.05, 0.1) is 23.4 Å². The van der Waals surface area contributed by atoms with Gasteiger partial charge in [-0.15, -0.1) is 0 Å². The highest BCUT2D eigenvalue weighted by atomic mass is 32.2. The summed E-state index contributed by atoms with van der Waals surface area (Å²) in [6, 6.07) is 11.1. The van der Waals surface area contributed by atoms with Crippen LogP contribution in [0.3, 0.4) is 0 Å². The van der Waals surface area contributed by atoms with Gasteiger partial charge in [-0.2, -0.15) is 13.2 Å². The van der Waals surface area contributed by atoms with Crippen LogP contribution in [-0.2, 0) is 9.59 Å². The molecule has 10 heteroatoms. The number of alkyl halides is 3. The molecule has 3 atom stereocenters. The van der Waals surface area contributed by atoms with E-state index in [0.717, 1.165) is 17.7 Å². The van der Waals surface area contributed by atoms with Crippen molar-refractivity contribution in [3.8, 4) is 0 Å². The van der Waals surface area contributed by atoms with Gasteiger partial charge in [-0.05, 0) is 40.9 Å². The lowest BCUT2D eigenvalue weighted by Gasteiger charge is -2.33. The lowest BCUT2D eigenvalue weighted by Crippen LogP contribution is -2.56. The summed E-state index contributed by atoms with van der Waals surface area (Å²) in [5, 5.41) is 8.69. The van der Waals surface area contributed by atoms with Gasteiger partial charge in [-0.25, -0.2) is 4.39 Å². The third kappa shape index (κ3) is 6.23. The van der Waals surface area contributed by atoms with Gasteiger partial charge in [0.15, 0.2) is 0 Å². The molecule has 1 saturated heterocycles. The molecule has 0 bridgehead atoms. The van der Waals surface area contributed by atoms with Crippen molar-refractivity contribution in [1.29, 1.82) is 0 Å². The molecule has 1 aliphatic rings. The first-order valence-corrected chi connectivity index (χ1v) is 10.8. The van der Waals surface area contributed by atoms with Crippen LogP contribution in [0.5, 0.6) is 0 Å². The van der Waals surface area contributed by atoms with E-state index in [0.29, 0.717) is 5.56 Å². The Hall–Kier alpha value is -2.59. The second kappa shape index (κ2) is 9.91. The van der Waals surface area contributed by atoms with Crippen LogP contribution in [-0.4, -0.2) is 23.4 Å². The van der Waals surface area contributed by atoms with Gasteiger partial charge in [0.25, 0.3) is 0 Å². The van der Waals surface area contributed by atoms with Crippen molar-refractivity contribution >= 4 is 23.6 Å². The van der Waals surface area contributed by atoms with E-state index >= 15 is 0 Å². The van der Waals surface area contributed by atoms with Crippen LogP contribution < -0.4 is 16.0 Å². The largest absolute Gasteiger partial charge is 0.446 e. The highest BCUT2D eigenvalue weighted by Gasteiger charge is 2.34. The van der Waals surface area contributed by atoms with Gasteiger partial charge in [0, 0.05) is 0 Å². The molecule has 172 valence electrons. The summed E-state index contributed by atoms with van der Waals surface area (Å²) < 4.78 is 52.0. The smallest absolute Gasteiger partial charge is 0.348 e. The van der Waals surface area contributed by atoms with E-state index < -0.39 is 52.1 Å². The Morgan fingerprint density at radius 1 is 1.16 bits per heavy atom. The highest BCUT2D eigenvalue weighted by Crippen LogP contribution is 2.39. The minimum absolute atomic E-state index is 0.0739. The zero-order valence-electron chi connectivity index (χ0n) is 17.4. The molecule has 0 aliphatic carbocycles. The number of benzene rings is 2. The molecule has 3 rings (SSSR count). The summed E-state index contributed by atoms with van der Waals surface area (Å²) in [5.74, 6) is -1.93. The number of rotatable bonds is 6. The molecule has 2 aromatic carbocycles. The fourth-order valence-corrected chi connectivity index (χ4v) is 4.05. The number of amides is 2. The van der Waals surface area contributed by atoms with Crippen LogP contribution in [0.15, 0.2) is 53.4 Å². The normalized spacial score (nSPS) is 20.0. The maximum Gasteiger partial charge on any atom is 0.446 e. The summed E-state index contributed by atoms with van der Waals surface area (Å²) in [7, 11) is 0. The Kier molecular flexibility index (Phi) is 7.45. The van der Waals surface area contributed by atoms with Gasteiger partial charge in [0.1, 0.15) is 12.0 Å². The van der Waals surface area contributed by atoms with E-state index in [9.17, 15) is 27.2 Å². The summed E-state index contributed by atoms with van der Waals surface area (Å²) in [4.78, 5) is 24.6. The topological polar surface area (TPSA) is 70.2 Å². The van der Waals surface area contributed by atoms with E-state index in [1.165, 1.54) is 6.07 Å². The SMILES string of the molecule is CC(C)[C@@H](NC(=O)C1CC(=O)NC(c2ccccc2)N1)c1ccc(SC(F)(F)F)c(F)c1. The Morgan fingerprint density at radius 3 is 2.44 bits per heavy atom. The second-order valence-corrected chi connectivity index (χ2v) is 8.91. The third-order valence-electron chi connectivity index (χ3n) is 5.02. The Morgan fingerprint density at radius 2 is 1.84 bits per heavy atom. The molecule has 1 heterocycles. The number of thioether (sulfide) groups is 1. The van der Waals surface area contributed by atoms with Crippen LogP contribution in [0.1, 0.15) is 43.6 Å². The standard InChI is InChI=1S/C22H23F4N3O2S/c1-12(2)19(14-8-9-17(15(23)10-14)32-22(24,25)26)29-21(31)16-11-18(30)28-20(27-16)13-6-4-3-5-7-13/h3-10,12,16,19-20,27H,11H2,1-2H3,(H,28,30)(H,29,31)/t16?,19-,20?/m1/s1. The minimum Gasteiger partial charge on any atom is -0.348 e. The van der Waals surface area contributed by atoms with Crippen LogP contribution in [0.2, 0.25) is 0 Å². The van der Waals surface area contributed by atoms with E-state index in [1.54, 1.807) is 13.8 Å². The lowest BCUT2D eigenvalue weighted by molar-refractivity contribution is -0.132. The molecular weight excluding hydrogens is 446 g/mol. The predicted octanol–water partition coefficient (Wildman–Crippen LogP) is 4.43. The lowest BCUT2D eigenvalue weighted by atomic mass is 9.95. The van der Waals surface area contributed by atoms with Crippen molar-refractivity contribution < 1.29 is 27.2 Å². The summed E-state index contributed by atoms with van der Waals surface area (Å²) in [6.07, 6.45) is -0.614. The van der Waals surface area contributed by atoms with Crippen LogP contribution in [0.25, 0.3) is 0 Å². The molecule has 0 aromatic heterocycles. The Balaban J connectivity index is 1.75. The van der Waals surface area contributed by atoms with Crippen LogP contribution in [0, 0.1) is 11.7 Å². The summed E-state index contributed by atoms with van der Waals surface area (Å²) in [5.41, 5.74) is -3.47. The number of nitrogens with one attached hydrogen (secondary N) is 3. The quantitative estimate of drug-likeness (QED) is 0.433. The summed E-state index contributed by atoms with van der Waals surface area (Å²) >= 11 is -0.526. The monoisotopic (exact) mass is 469 g/mol. The zero-order valence-corrected chi connectivity index (χ0v) is 18.2. The first-order chi connectivity index (χ1) is 15.0. The maximum atomic E-state index is 14.3. The van der Waals surface area contributed by atoms with E-state index in [-0.39, 0.29) is 18.2 Å². The van der Waals surface area contributed by atoms with Gasteiger partial charge >= 0.3 is 5.51 Å². The van der Waals surface area contributed by atoms with E-state index in [1.807, 2.05) is 30.3 Å². The number of carbonyl (C=O) groups is 2. The molecule has 0 saturated carbocycles. The van der Waals surface area contributed by atoms with Gasteiger partial charge in [-0.1, -0.05) is 50.2 Å². The third-order valence-corrected chi connectivity index (χ3v) is 5.80. The molecule has 1 fully saturated rings. The first kappa shape index (κ1) is 24.1. The van der Waals surface area contributed by atoms with Gasteiger partial charge < -0.3 is 10.6 Å². The number of hydrogen-bond acceptors (Lipinski definition) is 4. The Bertz CT molecular complexity index is 969. The van der Waals surface area contributed by atoms with Crippen LogP contribution >= 0.6 is 11.8 Å². The molecule has 3 N–H and O–H groups in total. The molecule has 0 radical (unpaired) electrons. The van der Waals surface area contributed by atoms with E-state index in [4.69, 9.17) is 0 Å². The molecule has 32 heavy (non-hydrogen) atoms. The van der Waals surface area contributed by atoms with Crippen molar-refractivity contribution in [3.63, 3.8) is 0 Å². The van der Waals surface area contributed by atoms with Crippen molar-refractivity contribution in [3.05, 3.63) is 65.5 Å². The second-order valence-electron chi connectivity index (χ2n) is 7.80. The highest BCUT2D eigenvalue weighted by molar-refractivity contribution is 8.00. The molecule has 2 aromatic rings. The average Bonchev–Trinajstić information content (AvgIpc) is 2.72. The van der Waals surface area contributed by atoms with Crippen LogP contribution in [0.4, 0.5) is 17.6 Å². The molecule has 0 spiro atoms. The molecule has 5 nitrogen and oxygen atoms in total. The molecule has 2 unspecified atom stereocenters. The van der Waals surface area contributed by atoms with E-state index in [2.05, 4.69) is 16.0 Å². The number of halogens is 4. The van der Waals surface area contributed by atoms with Gasteiger partial charge in [-0.3, -0.25) is 14.9 Å². The van der Waals surface area contributed by atoms with Crippen molar-refractivity contribution in [1.82, 2.24) is 16.0 Å². The van der Waals surface area contributed by atoms with Gasteiger partial charge in [0.2, 0.25) is 11.8 Å². The first-order valence-electron chi connectivity index (χ1n) is 9.99. The Labute approximate surface area is 187 Å². The molecular formula is C22H23F4N3O2S. The van der Waals surface area contributed by atoms with Crippen molar-refractivity contribution in [2.24, 2.45) is 5.92 Å². The fraction of sp³-hybridized carbons (Fsp3) is 0.364. The molecule has 2 amide bonds. The molecule has 1 aliphatic heterocycles. The number of hydrogen-bond donors (Lipinski definition) is 3. The predicted molar refractivity (Wildman–Crippen MR) is 113 cm³/mol. The fourth-order valence-electron chi connectivity index (χ4n) is 3.51. The zero-order chi connectivity index (χ0) is 23.5. The minimum atomic E-state index is -4.60. The maximum absolute atomic E-state index is 14.3.